The molecular weight excluding hydrogens is 252 g/mol. The van der Waals surface area contributed by atoms with Crippen LogP contribution in [0.4, 0.5) is 11.5 Å². The zero-order valence-electron chi connectivity index (χ0n) is 11.1. The number of nitrogen functional groups attached to an aromatic ring is 2. The average molecular weight is 268 g/mol. The van der Waals surface area contributed by atoms with Gasteiger partial charge in [-0.05, 0) is 23.8 Å². The molecule has 0 radical (unpaired) electrons. The molecule has 2 rings (SSSR count). The van der Waals surface area contributed by atoms with E-state index < -0.39 is 0 Å². The Hall–Kier alpha value is -2.89. The molecule has 102 valence electrons. The van der Waals surface area contributed by atoms with Gasteiger partial charge in [-0.2, -0.15) is 5.10 Å². The van der Waals surface area contributed by atoms with Crippen LogP contribution in [0, 0.1) is 0 Å². The first-order valence-electron chi connectivity index (χ1n) is 5.97. The SMILES string of the molecule is CN=C/C(=N\N)c1cnc(N)c(-c2ccc(N)cc2)c1. The van der Waals surface area contributed by atoms with Gasteiger partial charge in [0.25, 0.3) is 0 Å². The van der Waals surface area contributed by atoms with E-state index >= 15 is 0 Å². The van der Waals surface area contributed by atoms with Gasteiger partial charge in [0.05, 0.1) is 0 Å². The molecule has 0 amide bonds. The number of aromatic nitrogens is 1. The first kappa shape index (κ1) is 13.5. The van der Waals surface area contributed by atoms with E-state index in [9.17, 15) is 0 Å². The van der Waals surface area contributed by atoms with E-state index in [4.69, 9.17) is 17.3 Å². The Labute approximate surface area is 117 Å². The Bertz CT molecular complexity index is 658. The normalized spacial score (nSPS) is 11.9. The lowest BCUT2D eigenvalue weighted by Crippen LogP contribution is -2.08. The second-order valence-electron chi connectivity index (χ2n) is 4.18. The Morgan fingerprint density at radius 1 is 1.20 bits per heavy atom. The number of hydrogen-bond donors (Lipinski definition) is 3. The number of anilines is 2. The standard InChI is InChI=1S/C14H16N6/c1-18-8-13(20-17)10-6-12(14(16)19-7-10)9-2-4-11(15)5-3-9/h2-8H,15,17H2,1H3,(H2,16,19)/b18-8?,20-13+. The van der Waals surface area contributed by atoms with Crippen LogP contribution < -0.4 is 17.3 Å². The monoisotopic (exact) mass is 268 g/mol. The fraction of sp³-hybridized carbons (Fsp3) is 0.0714. The van der Waals surface area contributed by atoms with Gasteiger partial charge in [0.15, 0.2) is 0 Å². The molecule has 0 aliphatic rings. The molecule has 0 fully saturated rings. The van der Waals surface area contributed by atoms with Crippen molar-refractivity contribution < 1.29 is 0 Å². The molecule has 20 heavy (non-hydrogen) atoms. The molecule has 6 heteroatoms. The number of benzene rings is 1. The average Bonchev–Trinajstić information content (AvgIpc) is 2.46. The fourth-order valence-corrected chi connectivity index (χ4v) is 1.81. The third kappa shape index (κ3) is 2.74. The molecule has 0 atom stereocenters. The van der Waals surface area contributed by atoms with Gasteiger partial charge < -0.3 is 17.3 Å². The van der Waals surface area contributed by atoms with E-state index in [1.807, 2.05) is 30.3 Å². The minimum Gasteiger partial charge on any atom is -0.399 e. The van der Waals surface area contributed by atoms with Crippen LogP contribution in [0.25, 0.3) is 11.1 Å². The van der Waals surface area contributed by atoms with Crippen molar-refractivity contribution in [3.05, 3.63) is 42.1 Å². The molecule has 0 saturated heterocycles. The minimum atomic E-state index is 0.434. The first-order chi connectivity index (χ1) is 9.65. The van der Waals surface area contributed by atoms with Crippen molar-refractivity contribution in [3.8, 4) is 11.1 Å². The molecule has 2 aromatic rings. The van der Waals surface area contributed by atoms with Gasteiger partial charge in [-0.1, -0.05) is 12.1 Å². The Morgan fingerprint density at radius 3 is 2.50 bits per heavy atom. The number of hydrazone groups is 1. The van der Waals surface area contributed by atoms with Crippen LogP contribution in [-0.2, 0) is 0 Å². The summed E-state index contributed by atoms with van der Waals surface area (Å²) in [7, 11) is 1.65. The van der Waals surface area contributed by atoms with Gasteiger partial charge in [0.2, 0.25) is 0 Å². The molecular formula is C14H16N6. The van der Waals surface area contributed by atoms with Gasteiger partial charge in [-0.25, -0.2) is 4.98 Å². The molecule has 0 spiro atoms. The molecule has 6 nitrogen and oxygen atoms in total. The highest BCUT2D eigenvalue weighted by molar-refractivity contribution is 6.38. The minimum absolute atomic E-state index is 0.434. The van der Waals surface area contributed by atoms with Crippen LogP contribution in [0.5, 0.6) is 0 Å². The lowest BCUT2D eigenvalue weighted by atomic mass is 10.0. The van der Waals surface area contributed by atoms with Crippen LogP contribution in [0.3, 0.4) is 0 Å². The molecule has 1 heterocycles. The van der Waals surface area contributed by atoms with E-state index in [1.165, 1.54) is 0 Å². The molecule has 1 aromatic heterocycles. The van der Waals surface area contributed by atoms with Crippen molar-refractivity contribution in [2.75, 3.05) is 18.5 Å². The molecule has 0 saturated carbocycles. The van der Waals surface area contributed by atoms with Crippen LogP contribution in [0.15, 0.2) is 46.6 Å². The van der Waals surface area contributed by atoms with E-state index in [-0.39, 0.29) is 0 Å². The number of hydrogen-bond acceptors (Lipinski definition) is 6. The van der Waals surface area contributed by atoms with Crippen LogP contribution >= 0.6 is 0 Å². The predicted molar refractivity (Wildman–Crippen MR) is 83.6 cm³/mol. The van der Waals surface area contributed by atoms with Crippen molar-refractivity contribution in [1.82, 2.24) is 4.98 Å². The third-order valence-electron chi connectivity index (χ3n) is 2.83. The molecule has 0 aliphatic carbocycles. The smallest absolute Gasteiger partial charge is 0.131 e. The van der Waals surface area contributed by atoms with E-state index in [1.54, 1.807) is 19.5 Å². The maximum atomic E-state index is 5.93. The van der Waals surface area contributed by atoms with Gasteiger partial charge in [0, 0.05) is 36.3 Å². The maximum Gasteiger partial charge on any atom is 0.131 e. The highest BCUT2D eigenvalue weighted by atomic mass is 15.1. The largest absolute Gasteiger partial charge is 0.399 e. The Kier molecular flexibility index (Phi) is 3.95. The maximum absolute atomic E-state index is 5.93. The second kappa shape index (κ2) is 5.83. The van der Waals surface area contributed by atoms with Crippen LogP contribution in [-0.4, -0.2) is 24.0 Å². The van der Waals surface area contributed by atoms with E-state index in [2.05, 4.69) is 15.1 Å². The zero-order chi connectivity index (χ0) is 14.5. The summed E-state index contributed by atoms with van der Waals surface area (Å²) in [5.41, 5.74) is 15.3. The van der Waals surface area contributed by atoms with E-state index in [0.717, 1.165) is 16.7 Å². The van der Waals surface area contributed by atoms with Crippen molar-refractivity contribution in [2.24, 2.45) is 15.9 Å². The van der Waals surface area contributed by atoms with Gasteiger partial charge in [0.1, 0.15) is 11.5 Å². The van der Waals surface area contributed by atoms with Gasteiger partial charge in [-0.3, -0.25) is 4.99 Å². The predicted octanol–water partition coefficient (Wildman–Crippen LogP) is 1.28. The van der Waals surface area contributed by atoms with Gasteiger partial charge in [-0.15, -0.1) is 0 Å². The summed E-state index contributed by atoms with van der Waals surface area (Å²) in [6, 6.07) is 9.28. The summed E-state index contributed by atoms with van der Waals surface area (Å²) < 4.78 is 0. The summed E-state index contributed by atoms with van der Waals surface area (Å²) in [6.07, 6.45) is 3.18. The highest BCUT2D eigenvalue weighted by Gasteiger charge is 2.08. The van der Waals surface area contributed by atoms with Crippen LogP contribution in [0.2, 0.25) is 0 Å². The van der Waals surface area contributed by atoms with Crippen molar-refractivity contribution in [2.45, 2.75) is 0 Å². The third-order valence-corrected chi connectivity index (χ3v) is 2.83. The number of aliphatic imine (C=N–C) groups is 1. The van der Waals surface area contributed by atoms with Crippen molar-refractivity contribution in [3.63, 3.8) is 0 Å². The fourth-order valence-electron chi connectivity index (χ4n) is 1.81. The zero-order valence-corrected chi connectivity index (χ0v) is 11.1. The number of rotatable bonds is 3. The molecule has 0 unspecified atom stereocenters. The molecule has 6 N–H and O–H groups in total. The summed E-state index contributed by atoms with van der Waals surface area (Å²) in [6.45, 7) is 0. The molecule has 1 aromatic carbocycles. The Balaban J connectivity index is 2.51. The number of pyridine rings is 1. The lowest BCUT2D eigenvalue weighted by Gasteiger charge is -2.08. The molecule has 0 bridgehead atoms. The summed E-state index contributed by atoms with van der Waals surface area (Å²) >= 11 is 0. The van der Waals surface area contributed by atoms with Crippen molar-refractivity contribution >= 4 is 23.4 Å². The summed E-state index contributed by atoms with van der Waals surface area (Å²) in [4.78, 5) is 8.09. The quantitative estimate of drug-likeness (QED) is 0.336. The highest BCUT2D eigenvalue weighted by Crippen LogP contribution is 2.26. The van der Waals surface area contributed by atoms with Crippen molar-refractivity contribution in [1.29, 1.82) is 0 Å². The number of nitrogens with two attached hydrogens (primary N) is 3. The number of nitrogens with zero attached hydrogens (tertiary/aromatic N) is 3. The molecule has 0 aliphatic heterocycles. The topological polar surface area (TPSA) is 116 Å². The lowest BCUT2D eigenvalue weighted by molar-refractivity contribution is 1.24. The van der Waals surface area contributed by atoms with Gasteiger partial charge >= 0.3 is 0 Å². The first-order valence-corrected chi connectivity index (χ1v) is 5.97. The van der Waals surface area contributed by atoms with Crippen LogP contribution in [0.1, 0.15) is 5.56 Å². The Morgan fingerprint density at radius 2 is 1.90 bits per heavy atom. The van der Waals surface area contributed by atoms with E-state index in [0.29, 0.717) is 17.2 Å². The second-order valence-corrected chi connectivity index (χ2v) is 4.18. The summed E-state index contributed by atoms with van der Waals surface area (Å²) in [5, 5.41) is 3.69. The summed E-state index contributed by atoms with van der Waals surface area (Å²) in [5.74, 6) is 5.79.